The van der Waals surface area contributed by atoms with Crippen LogP contribution in [0.5, 0.6) is 0 Å². The highest BCUT2D eigenvalue weighted by Gasteiger charge is 2.17. The summed E-state index contributed by atoms with van der Waals surface area (Å²) < 4.78 is 105. The molecule has 0 aliphatic heterocycles. The maximum atomic E-state index is 12.1. The van der Waals surface area contributed by atoms with Gasteiger partial charge >= 0.3 is 12.1 Å². The van der Waals surface area contributed by atoms with Gasteiger partial charge in [0.15, 0.2) is 29.0 Å². The Morgan fingerprint density at radius 3 is 1.07 bits per heavy atom. The fourth-order valence-electron chi connectivity index (χ4n) is 8.17. The van der Waals surface area contributed by atoms with E-state index in [1.165, 1.54) is 106 Å². The molecule has 0 unspecified atom stereocenters. The molecule has 0 saturated carbocycles. The Morgan fingerprint density at radius 2 is 0.737 bits per heavy atom. The van der Waals surface area contributed by atoms with Crippen LogP contribution in [0.2, 0.25) is 0 Å². The van der Waals surface area contributed by atoms with Crippen molar-refractivity contribution in [3.63, 3.8) is 0 Å². The predicted octanol–water partition coefficient (Wildman–Crippen LogP) is 16.4. The number of anilines is 5. The van der Waals surface area contributed by atoms with E-state index in [9.17, 15) is 67.2 Å². The molecule has 612 valence electrons. The molecule has 10 aromatic rings. The second kappa shape index (κ2) is 50.8. The molecule has 1 amide bonds. The summed E-state index contributed by atoms with van der Waals surface area (Å²) in [5, 5.41) is 35.6. The van der Waals surface area contributed by atoms with Crippen molar-refractivity contribution in [1.29, 1.82) is 0 Å². The van der Waals surface area contributed by atoms with Crippen LogP contribution in [0.25, 0.3) is 11.3 Å². The number of ether oxygens (including phenoxy) is 3. The normalized spacial score (nSPS) is 10.2. The first-order chi connectivity index (χ1) is 51.6. The lowest BCUT2D eigenvalue weighted by Crippen LogP contribution is -2.17. The van der Waals surface area contributed by atoms with Gasteiger partial charge in [-0.05, 0) is 165 Å². The largest absolute Gasteiger partial charge is 0.507 e. The monoisotopic (exact) mass is 1980 g/mol. The standard InChI is InChI=1S/C15H13BrN4O2S.C15H13BrN2O4S.C15H13BrN2O3S2.C10H9BrO3.C8H7BrO.C6H8N2O2S.C3H6O3.4CH4/c16-11-3-1-2-10(8-11)14-9-15(20-19-14)18-12-4-6-13(7-5-12)23(17,21)22;16-11-3-1-2-10(8-11)14(19)9-15(20)18-12-4-6-13(7-5-12)23(17,21)22;16-11-3-1-2-10(8-11)14(19)9-15(22)18-12-4-6-13(7-5-12)23(17,20)21;1-14-10(13)6-9(12)7-3-2-4-8(11)5-7;1-6(10)7-3-2-4-8(9)5-7;7-5-1-3-6(4-2-5)11(8,9)10;1-5-3(4)6-2;;;;/h1-9H,(H2,17,21,22)(H2,18,19,20);1-8H,9H2,(H,18,20)(H2,17,21,22);1-8H,9H2,(H,18,22)(H2,17,20,21);2-5H,6H2,1H3;2-5H,1H3;1-4H,7H2,(H2,8,9,10);1-2H3;4*1H4. The third kappa shape index (κ3) is 39.6. The molecule has 28 nitrogen and oxygen atoms in total. The molecule has 0 spiro atoms. The van der Waals surface area contributed by atoms with Crippen molar-refractivity contribution < 1.29 is 81.4 Å². The number of nitrogens with one attached hydrogen (secondary N) is 4. The first kappa shape index (κ1) is 105. The molecular weight excluding hydrogens is 1900 g/mol. The van der Waals surface area contributed by atoms with Crippen molar-refractivity contribution in [2.45, 2.75) is 75.5 Å². The summed E-state index contributed by atoms with van der Waals surface area (Å²) in [6.45, 7) is 1.56. The Labute approximate surface area is 711 Å². The number of thiocarbonyl (C=S) groups is 1. The number of amides is 1. The average Bonchev–Trinajstić information content (AvgIpc) is 1.55. The topological polar surface area (TPSA) is 479 Å². The van der Waals surface area contributed by atoms with Gasteiger partial charge in [-0.2, -0.15) is 5.10 Å². The number of halogens is 5. The van der Waals surface area contributed by atoms with Gasteiger partial charge in [-0.25, -0.2) is 59.0 Å². The van der Waals surface area contributed by atoms with Crippen LogP contribution in [-0.2, 0) is 63.9 Å². The molecule has 0 saturated heterocycles. The summed E-state index contributed by atoms with van der Waals surface area (Å²) in [6, 6.07) is 60.8. The second-order valence-corrected chi connectivity index (χ2v) is 33.2. The zero-order chi connectivity index (χ0) is 82.1. The minimum atomic E-state index is -3.78. The Hall–Kier alpha value is -9.39. The van der Waals surface area contributed by atoms with Crippen LogP contribution in [0.15, 0.2) is 266 Å². The lowest BCUT2D eigenvalue weighted by molar-refractivity contribution is -0.139. The lowest BCUT2D eigenvalue weighted by Gasteiger charge is -2.08. The first-order valence-electron chi connectivity index (χ1n) is 30.8. The van der Waals surface area contributed by atoms with Crippen molar-refractivity contribution in [3.8, 4) is 11.3 Å². The van der Waals surface area contributed by atoms with Crippen LogP contribution in [0.4, 0.5) is 33.4 Å². The van der Waals surface area contributed by atoms with Gasteiger partial charge in [0.1, 0.15) is 6.42 Å². The number of rotatable bonds is 19. The Bertz CT molecular complexity index is 5220. The Balaban J connectivity index is 0.00000135. The van der Waals surface area contributed by atoms with Gasteiger partial charge in [-0.15, -0.1) is 0 Å². The minimum absolute atomic E-state index is 0. The van der Waals surface area contributed by atoms with Gasteiger partial charge in [-0.3, -0.25) is 33.9 Å². The van der Waals surface area contributed by atoms with E-state index in [1.807, 2.05) is 60.7 Å². The number of hydrogen-bond donors (Lipinski definition) is 9. The fraction of sp³-hybridized carbons (Fsp3) is 0.145. The van der Waals surface area contributed by atoms with E-state index in [2.05, 4.69) is 120 Å². The highest BCUT2D eigenvalue weighted by Crippen LogP contribution is 2.26. The van der Waals surface area contributed by atoms with Crippen molar-refractivity contribution in [3.05, 3.63) is 269 Å². The number of nitrogen functional groups attached to an aromatic ring is 1. The number of primary sulfonamides is 4. The third-order valence-electron chi connectivity index (χ3n) is 13.5. The molecule has 0 aliphatic carbocycles. The molecular formula is C76H85Br5N10O18S5. The van der Waals surface area contributed by atoms with Crippen LogP contribution >= 0.6 is 91.9 Å². The summed E-state index contributed by atoms with van der Waals surface area (Å²) >= 11 is 21.7. The van der Waals surface area contributed by atoms with Gasteiger partial charge in [0.05, 0.1) is 64.4 Å². The summed E-state index contributed by atoms with van der Waals surface area (Å²) in [6.07, 6.45) is -1.13. The molecule has 0 radical (unpaired) electrons. The van der Waals surface area contributed by atoms with Crippen molar-refractivity contribution >= 4 is 207 Å². The van der Waals surface area contributed by atoms with E-state index in [4.69, 9.17) is 38.5 Å². The van der Waals surface area contributed by atoms with E-state index in [0.717, 1.165) is 39.2 Å². The molecule has 0 bridgehead atoms. The van der Waals surface area contributed by atoms with Crippen LogP contribution in [0, 0.1) is 0 Å². The van der Waals surface area contributed by atoms with E-state index in [-0.39, 0.29) is 91.7 Å². The SMILES string of the molecule is C.C.C.C.CC(=O)c1cccc(Br)c1.COC(=O)CC(=O)c1cccc(Br)c1.COC(=O)OC.NS(=O)(=O)c1ccc(NC(=O)CC(=O)c2cccc(Br)c2)cc1.NS(=O)(=O)c1ccc(NC(=S)CC(=O)c2cccc(Br)c2)cc1.NS(=O)(=O)c1ccc(Nc2cc(-c3cccc(Br)c3)[nH]n2)cc1.Nc1ccc(S(N)(=O)=O)cc1. The molecule has 0 aliphatic rings. The first-order valence-corrected chi connectivity index (χ1v) is 41.4. The van der Waals surface area contributed by atoms with Crippen LogP contribution in [0.1, 0.15) is 97.3 Å². The number of carbonyl (C=O) groups excluding carboxylic acids is 7. The van der Waals surface area contributed by atoms with Crippen LogP contribution in [-0.4, -0.2) is 111 Å². The van der Waals surface area contributed by atoms with Crippen molar-refractivity contribution in [2.75, 3.05) is 43.0 Å². The number of sulfonamides is 4. The van der Waals surface area contributed by atoms with Crippen molar-refractivity contribution in [1.82, 2.24) is 10.2 Å². The number of nitrogens with two attached hydrogens (primary N) is 5. The van der Waals surface area contributed by atoms with Crippen LogP contribution in [0.3, 0.4) is 0 Å². The number of benzene rings is 9. The molecule has 14 N–H and O–H groups in total. The molecule has 9 aromatic carbocycles. The number of ketones is 4. The van der Waals surface area contributed by atoms with Gasteiger partial charge < -0.3 is 35.9 Å². The second-order valence-electron chi connectivity index (χ2n) is 21.9. The molecule has 1 aromatic heterocycles. The molecule has 1 heterocycles. The molecule has 0 fully saturated rings. The number of hydrogen-bond acceptors (Lipinski definition) is 22. The number of methoxy groups -OCH3 is 3. The highest BCUT2D eigenvalue weighted by molar-refractivity contribution is 9.11. The number of nitrogens with zero attached hydrogens (tertiary/aromatic N) is 1. The zero-order valence-electron chi connectivity index (χ0n) is 58.1. The van der Waals surface area contributed by atoms with Crippen LogP contribution < -0.4 is 42.2 Å². The number of esters is 1. The average molecular weight is 1990 g/mol. The number of Topliss-reactive ketones (excluding diaryl/α,β-unsaturated/α-hetero) is 4. The Morgan fingerprint density at radius 1 is 0.412 bits per heavy atom. The summed E-state index contributed by atoms with van der Waals surface area (Å²) in [7, 11) is -11.0. The molecule has 0 atom stereocenters. The maximum Gasteiger partial charge on any atom is 0.507 e. The van der Waals surface area contributed by atoms with Gasteiger partial charge in [-0.1, -0.05) is 182 Å². The number of carbonyl (C=O) groups is 7. The number of aromatic amines is 1. The smallest absolute Gasteiger partial charge is 0.469 e. The number of H-pyrrole nitrogens is 1. The van der Waals surface area contributed by atoms with Gasteiger partial charge in [0.2, 0.25) is 46.0 Å². The molecule has 114 heavy (non-hydrogen) atoms. The fourth-order valence-corrected chi connectivity index (χ4v) is 12.5. The van der Waals surface area contributed by atoms with E-state index in [1.54, 1.807) is 85.8 Å². The van der Waals surface area contributed by atoms with Gasteiger partial charge in [0, 0.05) is 79.0 Å². The Kier molecular flexibility index (Phi) is 46.6. The van der Waals surface area contributed by atoms with Gasteiger partial charge in [0.25, 0.3) is 0 Å². The quantitative estimate of drug-likeness (QED) is 0.0119. The predicted molar refractivity (Wildman–Crippen MR) is 467 cm³/mol. The van der Waals surface area contributed by atoms with E-state index in [0.29, 0.717) is 50.2 Å². The molecule has 10 rings (SSSR count). The number of aromatic nitrogens is 2. The summed E-state index contributed by atoms with van der Waals surface area (Å²) in [4.78, 5) is 79.3. The maximum absolute atomic E-state index is 12.1. The zero-order valence-corrected chi connectivity index (χ0v) is 70.1. The van der Waals surface area contributed by atoms with Crippen molar-refractivity contribution in [2.24, 2.45) is 20.6 Å². The lowest BCUT2D eigenvalue weighted by atomic mass is 10.1. The molecule has 38 heteroatoms. The summed E-state index contributed by atoms with van der Waals surface area (Å²) in [5.41, 5.74) is 11.6. The third-order valence-corrected chi connectivity index (χ3v) is 19.9. The highest BCUT2D eigenvalue weighted by atomic mass is 79.9. The minimum Gasteiger partial charge on any atom is -0.469 e. The van der Waals surface area contributed by atoms with E-state index >= 15 is 0 Å². The van der Waals surface area contributed by atoms with E-state index < -0.39 is 58.1 Å². The summed E-state index contributed by atoms with van der Waals surface area (Å²) in [5.74, 6) is -0.939.